The number of nitrogens with one attached hydrogen (secondary N) is 1. The van der Waals surface area contributed by atoms with Crippen LogP contribution in [0.5, 0.6) is 0 Å². The second kappa shape index (κ2) is 6.87. The predicted octanol–water partition coefficient (Wildman–Crippen LogP) is 3.53. The summed E-state index contributed by atoms with van der Waals surface area (Å²) in [5.41, 5.74) is 1.83. The average molecular weight is 280 g/mol. The number of thiophene rings is 1. The topological polar surface area (TPSA) is 15.3 Å². The minimum atomic E-state index is 0.334. The molecule has 1 saturated heterocycles. The van der Waals surface area contributed by atoms with Crippen LogP contribution in [0.15, 0.2) is 16.8 Å². The van der Waals surface area contributed by atoms with E-state index in [1.165, 1.54) is 44.3 Å². The molecule has 108 valence electrons. The minimum absolute atomic E-state index is 0.334. The smallest absolute Gasteiger partial charge is 0.0304 e. The number of hydrogen-bond acceptors (Lipinski definition) is 3. The zero-order valence-electron chi connectivity index (χ0n) is 12.6. The van der Waals surface area contributed by atoms with E-state index in [9.17, 15) is 0 Å². The monoisotopic (exact) mass is 280 g/mol. The molecule has 1 aliphatic heterocycles. The summed E-state index contributed by atoms with van der Waals surface area (Å²) in [7, 11) is 0. The molecule has 1 aromatic rings. The molecule has 1 N–H and O–H groups in total. The van der Waals surface area contributed by atoms with E-state index in [1.807, 2.05) is 11.3 Å². The van der Waals surface area contributed by atoms with Crippen molar-refractivity contribution in [2.45, 2.75) is 58.0 Å². The van der Waals surface area contributed by atoms with E-state index < -0.39 is 0 Å². The molecule has 2 rings (SSSR count). The summed E-state index contributed by atoms with van der Waals surface area (Å²) >= 11 is 1.81. The molecular formula is C16H28N2S. The minimum Gasteiger partial charge on any atom is -0.311 e. The molecule has 0 spiro atoms. The molecule has 1 aromatic heterocycles. The van der Waals surface area contributed by atoms with E-state index >= 15 is 0 Å². The van der Waals surface area contributed by atoms with Crippen LogP contribution in [-0.4, -0.2) is 36.1 Å². The molecule has 2 unspecified atom stereocenters. The van der Waals surface area contributed by atoms with Crippen molar-refractivity contribution >= 4 is 11.3 Å². The van der Waals surface area contributed by atoms with Gasteiger partial charge in [-0.15, -0.1) is 0 Å². The van der Waals surface area contributed by atoms with Gasteiger partial charge in [0.25, 0.3) is 0 Å². The molecule has 0 radical (unpaired) electrons. The van der Waals surface area contributed by atoms with Gasteiger partial charge in [-0.2, -0.15) is 11.3 Å². The largest absolute Gasteiger partial charge is 0.311 e. The molecule has 0 aliphatic carbocycles. The highest BCUT2D eigenvalue weighted by atomic mass is 32.1. The molecule has 3 heteroatoms. The van der Waals surface area contributed by atoms with Crippen molar-refractivity contribution in [3.63, 3.8) is 0 Å². The second-order valence-electron chi connectivity index (χ2n) is 6.04. The molecule has 1 fully saturated rings. The summed E-state index contributed by atoms with van der Waals surface area (Å²) in [6.07, 6.45) is 4.99. The third kappa shape index (κ3) is 3.80. The van der Waals surface area contributed by atoms with Gasteiger partial charge in [0.2, 0.25) is 0 Å². The van der Waals surface area contributed by atoms with Crippen LogP contribution in [0.1, 0.15) is 45.6 Å². The predicted molar refractivity (Wildman–Crippen MR) is 85.0 cm³/mol. The van der Waals surface area contributed by atoms with Gasteiger partial charge in [-0.05, 0) is 48.6 Å². The van der Waals surface area contributed by atoms with Crippen LogP contribution >= 0.6 is 11.3 Å². The Hall–Kier alpha value is -0.380. The van der Waals surface area contributed by atoms with Crippen LogP contribution in [0.25, 0.3) is 0 Å². The zero-order valence-corrected chi connectivity index (χ0v) is 13.4. The lowest BCUT2D eigenvalue weighted by Crippen LogP contribution is -2.63. The van der Waals surface area contributed by atoms with Crippen molar-refractivity contribution in [3.05, 3.63) is 22.4 Å². The lowest BCUT2D eigenvalue weighted by Gasteiger charge is -2.48. The number of nitrogens with zero attached hydrogens (tertiary/aromatic N) is 1. The van der Waals surface area contributed by atoms with Gasteiger partial charge >= 0.3 is 0 Å². The van der Waals surface area contributed by atoms with E-state index in [-0.39, 0.29) is 0 Å². The number of rotatable bonds is 6. The lowest BCUT2D eigenvalue weighted by molar-refractivity contribution is 0.0480. The van der Waals surface area contributed by atoms with Gasteiger partial charge in [0.05, 0.1) is 0 Å². The van der Waals surface area contributed by atoms with Crippen molar-refractivity contribution in [3.8, 4) is 0 Å². The third-order valence-corrected chi connectivity index (χ3v) is 5.36. The van der Waals surface area contributed by atoms with Crippen molar-refractivity contribution < 1.29 is 0 Å². The normalized spacial score (nSPS) is 28.7. The molecule has 1 aliphatic rings. The van der Waals surface area contributed by atoms with Crippen LogP contribution in [0.2, 0.25) is 0 Å². The maximum atomic E-state index is 3.75. The lowest BCUT2D eigenvalue weighted by atomic mass is 9.90. The molecule has 2 atom stereocenters. The standard InChI is InChI=1S/C16H28N2S/c1-4-6-15-11-18(16(3,5-2)13-17-15)9-7-14-8-10-19-12-14/h8,10,12,15,17H,4-7,9,11,13H2,1-3H3. The van der Waals surface area contributed by atoms with Crippen molar-refractivity contribution in [2.75, 3.05) is 19.6 Å². The first-order valence-electron chi connectivity index (χ1n) is 7.67. The maximum absolute atomic E-state index is 3.75. The van der Waals surface area contributed by atoms with Crippen LogP contribution in [-0.2, 0) is 6.42 Å². The van der Waals surface area contributed by atoms with E-state index in [4.69, 9.17) is 0 Å². The van der Waals surface area contributed by atoms with E-state index in [0.29, 0.717) is 11.6 Å². The van der Waals surface area contributed by atoms with Crippen molar-refractivity contribution in [1.82, 2.24) is 10.2 Å². The Morgan fingerprint density at radius 2 is 2.32 bits per heavy atom. The van der Waals surface area contributed by atoms with E-state index in [1.54, 1.807) is 0 Å². The summed E-state index contributed by atoms with van der Waals surface area (Å²) in [6.45, 7) is 10.6. The Bertz CT molecular complexity index is 363. The summed E-state index contributed by atoms with van der Waals surface area (Å²) in [5, 5.41) is 8.22. The Morgan fingerprint density at radius 3 is 2.95 bits per heavy atom. The molecule has 19 heavy (non-hydrogen) atoms. The van der Waals surface area contributed by atoms with Gasteiger partial charge < -0.3 is 5.32 Å². The molecular weight excluding hydrogens is 252 g/mol. The van der Waals surface area contributed by atoms with Crippen molar-refractivity contribution in [2.24, 2.45) is 0 Å². The molecule has 0 bridgehead atoms. The van der Waals surface area contributed by atoms with E-state index in [0.717, 1.165) is 6.54 Å². The average Bonchev–Trinajstić information content (AvgIpc) is 2.93. The van der Waals surface area contributed by atoms with Crippen LogP contribution in [0.3, 0.4) is 0 Å². The van der Waals surface area contributed by atoms with Gasteiger partial charge in [-0.1, -0.05) is 20.3 Å². The summed E-state index contributed by atoms with van der Waals surface area (Å²) in [5.74, 6) is 0. The molecule has 0 amide bonds. The number of piperazine rings is 1. The summed E-state index contributed by atoms with van der Waals surface area (Å²) < 4.78 is 0. The first kappa shape index (κ1) is 15.0. The van der Waals surface area contributed by atoms with Crippen LogP contribution < -0.4 is 5.32 Å². The second-order valence-corrected chi connectivity index (χ2v) is 6.82. The Labute approximate surface area is 122 Å². The fourth-order valence-corrected chi connectivity index (χ4v) is 3.68. The SMILES string of the molecule is CCCC1CN(CCc2ccsc2)C(C)(CC)CN1. The fourth-order valence-electron chi connectivity index (χ4n) is 2.98. The molecule has 0 saturated carbocycles. The quantitative estimate of drug-likeness (QED) is 0.857. The van der Waals surface area contributed by atoms with Crippen molar-refractivity contribution in [1.29, 1.82) is 0 Å². The highest BCUT2D eigenvalue weighted by molar-refractivity contribution is 7.07. The van der Waals surface area contributed by atoms with E-state index in [2.05, 4.69) is 47.8 Å². The van der Waals surface area contributed by atoms with Gasteiger partial charge in [-0.25, -0.2) is 0 Å². The first-order valence-corrected chi connectivity index (χ1v) is 8.61. The molecule has 0 aromatic carbocycles. The van der Waals surface area contributed by atoms with Gasteiger partial charge in [0.15, 0.2) is 0 Å². The Morgan fingerprint density at radius 1 is 1.47 bits per heavy atom. The Balaban J connectivity index is 1.95. The van der Waals surface area contributed by atoms with Gasteiger partial charge in [0, 0.05) is 31.2 Å². The third-order valence-electron chi connectivity index (χ3n) is 4.63. The van der Waals surface area contributed by atoms with Crippen LogP contribution in [0.4, 0.5) is 0 Å². The maximum Gasteiger partial charge on any atom is 0.0304 e. The zero-order chi connectivity index (χ0) is 13.7. The summed E-state index contributed by atoms with van der Waals surface area (Å²) in [6, 6.07) is 2.95. The number of hydrogen-bond donors (Lipinski definition) is 1. The van der Waals surface area contributed by atoms with Crippen LogP contribution in [0, 0.1) is 0 Å². The highest BCUT2D eigenvalue weighted by Crippen LogP contribution is 2.24. The first-order chi connectivity index (χ1) is 9.18. The highest BCUT2D eigenvalue weighted by Gasteiger charge is 2.35. The molecule has 2 heterocycles. The van der Waals surface area contributed by atoms with Gasteiger partial charge in [-0.3, -0.25) is 4.90 Å². The Kier molecular flexibility index (Phi) is 5.43. The molecule has 2 nitrogen and oxygen atoms in total. The van der Waals surface area contributed by atoms with Gasteiger partial charge in [0.1, 0.15) is 0 Å². The summed E-state index contributed by atoms with van der Waals surface area (Å²) in [4.78, 5) is 2.72. The fraction of sp³-hybridized carbons (Fsp3) is 0.750.